The highest BCUT2D eigenvalue weighted by molar-refractivity contribution is 7.99. The Morgan fingerprint density at radius 2 is 0.915 bits per heavy atom. The van der Waals surface area contributed by atoms with Crippen LogP contribution in [-0.4, -0.2) is 143 Å². The molecule has 2 saturated heterocycles. The van der Waals surface area contributed by atoms with E-state index in [-0.39, 0.29) is 23.6 Å². The van der Waals surface area contributed by atoms with Crippen molar-refractivity contribution in [1.82, 2.24) is 38.5 Å². The fourth-order valence-electron chi connectivity index (χ4n) is 9.97. The number of rotatable bonds is 14. The van der Waals surface area contributed by atoms with Crippen molar-refractivity contribution >= 4 is 92.6 Å². The molecule has 0 radical (unpaired) electrons. The third kappa shape index (κ3) is 11.0. The van der Waals surface area contributed by atoms with Crippen molar-refractivity contribution in [3.63, 3.8) is 0 Å². The van der Waals surface area contributed by atoms with Gasteiger partial charge >= 0.3 is 0 Å². The minimum atomic E-state index is -0.124. The van der Waals surface area contributed by atoms with E-state index in [1.165, 1.54) is 22.9 Å². The molecular weight excluding hydrogens is 952 g/mol. The number of halogens is 2. The van der Waals surface area contributed by atoms with Crippen molar-refractivity contribution < 1.29 is 19.2 Å². The van der Waals surface area contributed by atoms with Crippen LogP contribution in [0.1, 0.15) is 49.9 Å². The molecule has 6 aromatic rings. The summed E-state index contributed by atoms with van der Waals surface area (Å²) in [5, 5.41) is 3.32. The number of hydrogen-bond acceptors (Lipinski definition) is 7. The normalized spacial score (nSPS) is 14.7. The van der Waals surface area contributed by atoms with Crippen molar-refractivity contribution in [3.05, 3.63) is 118 Å². The number of amides is 4. The van der Waals surface area contributed by atoms with Crippen molar-refractivity contribution in [2.75, 3.05) is 80.5 Å². The fourth-order valence-corrected chi connectivity index (χ4v) is 11.6. The van der Waals surface area contributed by atoms with Gasteiger partial charge in [0.2, 0.25) is 23.6 Å². The summed E-state index contributed by atoms with van der Waals surface area (Å²) in [6.07, 6.45) is 11.4. The molecule has 0 atom stereocenters. The number of hydrogen-bond donors (Lipinski definition) is 0. The lowest BCUT2D eigenvalue weighted by molar-refractivity contribution is -0.135. The van der Waals surface area contributed by atoms with Crippen molar-refractivity contribution in [1.29, 1.82) is 0 Å². The second-order valence-corrected chi connectivity index (χ2v) is 20.7. The number of fused-ring (bicyclic) bond motifs is 2. The van der Waals surface area contributed by atoms with Gasteiger partial charge < -0.3 is 38.5 Å². The summed E-state index contributed by atoms with van der Waals surface area (Å²) in [4.78, 5) is 64.5. The lowest BCUT2D eigenvalue weighted by Crippen LogP contribution is -2.49. The Bertz CT molecular complexity index is 2860. The number of aryl methyl sites for hydroxylation is 2. The molecule has 2 aliphatic heterocycles. The Balaban J connectivity index is 1.25. The van der Waals surface area contributed by atoms with Crippen LogP contribution in [0.2, 0.25) is 10.0 Å². The average Bonchev–Trinajstić information content (AvgIpc) is 3.90. The van der Waals surface area contributed by atoms with E-state index in [0.29, 0.717) is 62.4 Å². The van der Waals surface area contributed by atoms with Crippen molar-refractivity contribution in [2.24, 2.45) is 0 Å². The summed E-state index contributed by atoms with van der Waals surface area (Å²) < 4.78 is 4.55. The summed E-state index contributed by atoms with van der Waals surface area (Å²) in [7, 11) is 8.28. The lowest BCUT2D eigenvalue weighted by atomic mass is 9.96. The number of piperazine rings is 2. The van der Waals surface area contributed by atoms with E-state index in [2.05, 4.69) is 110 Å². The third-order valence-electron chi connectivity index (χ3n) is 13.5. The Labute approximate surface area is 432 Å². The van der Waals surface area contributed by atoms with E-state index in [1.807, 2.05) is 36.4 Å². The lowest BCUT2D eigenvalue weighted by Gasteiger charge is -2.33. The molecule has 0 unspecified atom stereocenters. The first-order chi connectivity index (χ1) is 34.1. The quantitative estimate of drug-likeness (QED) is 0.100. The minimum Gasteiger partial charge on any atom is -0.347 e. The van der Waals surface area contributed by atoms with Crippen LogP contribution < -0.4 is 0 Å². The molecule has 0 spiro atoms. The molecular formula is C56H64Cl2N8O4S. The van der Waals surface area contributed by atoms with Crippen molar-refractivity contribution in [3.8, 4) is 22.3 Å². The molecule has 4 aromatic carbocycles. The van der Waals surface area contributed by atoms with Gasteiger partial charge in [0.25, 0.3) is 0 Å². The van der Waals surface area contributed by atoms with Gasteiger partial charge in [-0.2, -0.15) is 0 Å². The van der Waals surface area contributed by atoms with Gasteiger partial charge in [-0.25, -0.2) is 0 Å². The fraction of sp³-hybridized carbons (Fsp3) is 0.357. The molecule has 15 heteroatoms. The Hall–Kier alpha value is -5.83. The molecule has 4 heterocycles. The van der Waals surface area contributed by atoms with Gasteiger partial charge in [-0.05, 0) is 88.6 Å². The van der Waals surface area contributed by atoms with Gasteiger partial charge in [-0.15, -0.1) is 0 Å². The van der Waals surface area contributed by atoms with Crippen LogP contribution in [0.5, 0.6) is 0 Å². The largest absolute Gasteiger partial charge is 0.347 e. The third-order valence-corrected chi connectivity index (χ3v) is 15.7. The number of benzene rings is 4. The molecule has 71 heavy (non-hydrogen) atoms. The number of carbonyl (C=O) groups is 4. The molecule has 4 amide bonds. The van der Waals surface area contributed by atoms with E-state index in [0.717, 1.165) is 91.2 Å². The maximum absolute atomic E-state index is 13.7. The molecule has 2 aromatic heterocycles. The van der Waals surface area contributed by atoms with E-state index < -0.39 is 0 Å². The predicted octanol–water partition coefficient (Wildman–Crippen LogP) is 9.96. The molecule has 8 rings (SSSR count). The summed E-state index contributed by atoms with van der Waals surface area (Å²) >= 11 is 17.0. The van der Waals surface area contributed by atoms with Gasteiger partial charge in [0.15, 0.2) is 0 Å². The summed E-state index contributed by atoms with van der Waals surface area (Å²) in [6.45, 7) is 14.3. The molecule has 12 nitrogen and oxygen atoms in total. The van der Waals surface area contributed by atoms with Gasteiger partial charge in [-0.1, -0.05) is 83.5 Å². The predicted molar refractivity (Wildman–Crippen MR) is 291 cm³/mol. The van der Waals surface area contributed by atoms with Crippen LogP contribution in [-0.2, 0) is 45.4 Å². The van der Waals surface area contributed by atoms with Crippen LogP contribution in [0.3, 0.4) is 0 Å². The highest BCUT2D eigenvalue weighted by Gasteiger charge is 2.26. The summed E-state index contributed by atoms with van der Waals surface area (Å²) in [5.41, 5.74) is 9.61. The molecule has 2 aliphatic rings. The molecule has 0 saturated carbocycles. The van der Waals surface area contributed by atoms with E-state index in [9.17, 15) is 19.2 Å². The van der Waals surface area contributed by atoms with Gasteiger partial charge in [0.1, 0.15) is 0 Å². The Kier molecular flexibility index (Phi) is 16.2. The number of carbonyl (C=O) groups excluding carboxylic acids is 4. The zero-order chi connectivity index (χ0) is 50.7. The van der Waals surface area contributed by atoms with Gasteiger partial charge in [-0.3, -0.25) is 19.2 Å². The smallest absolute Gasteiger partial charge is 0.246 e. The van der Waals surface area contributed by atoms with Crippen molar-refractivity contribution in [2.45, 2.75) is 63.7 Å². The van der Waals surface area contributed by atoms with E-state index in [4.69, 9.17) is 23.2 Å². The van der Waals surface area contributed by atoms with Crippen LogP contribution in [0.4, 0.5) is 0 Å². The number of nitrogens with zero attached hydrogens (tertiary/aromatic N) is 8. The SMILES string of the molecule is CCn1cc(CN(C)C)c2cccc(-c3c(C=CC(=O)N4CCN(C(C)=O)CC4)ccc(Sc4ccc(C=CC(=O)N5CCN(C(C)=O)CC5)c(-c5cccc6c(CN(C)C)cn(CC)c56)c4Cl)c3Cl)c21. The molecule has 0 N–H and O–H groups in total. The zero-order valence-electron chi connectivity index (χ0n) is 42.1. The van der Waals surface area contributed by atoms with Crippen LogP contribution in [0, 0.1) is 0 Å². The van der Waals surface area contributed by atoms with E-state index >= 15 is 0 Å². The van der Waals surface area contributed by atoms with E-state index in [1.54, 1.807) is 45.6 Å². The monoisotopic (exact) mass is 1010 g/mol. The molecule has 372 valence electrons. The molecule has 0 aliphatic carbocycles. The first-order valence-corrected chi connectivity index (χ1v) is 25.9. The summed E-state index contributed by atoms with van der Waals surface area (Å²) in [6, 6.07) is 20.7. The first-order valence-electron chi connectivity index (χ1n) is 24.4. The summed E-state index contributed by atoms with van der Waals surface area (Å²) in [5.74, 6) is -0.224. The van der Waals surface area contributed by atoms with Crippen LogP contribution >= 0.6 is 35.0 Å². The van der Waals surface area contributed by atoms with Gasteiger partial charge in [0, 0.05) is 160 Å². The standard InChI is InChI=1S/C56H64Cl2N8O4S/c1-9-61-35-41(33-59(5)6)43-13-11-15-45(55(43)61)51-39(19-23-49(69)65-29-25-63(26-30-65)37(3)67)17-21-47(53(51)57)71-48-22-18-40(20-24-50(70)66-31-27-64(28-32-66)38(4)68)52(54(48)58)46-16-12-14-44-42(34-60(7)8)36-62(10-2)56(44)46/h11-24,35-36H,9-10,25-34H2,1-8H3. The second kappa shape index (κ2) is 22.3. The second-order valence-electron chi connectivity index (χ2n) is 18.9. The van der Waals surface area contributed by atoms with Gasteiger partial charge in [0.05, 0.1) is 21.1 Å². The molecule has 2 fully saturated rings. The Morgan fingerprint density at radius 3 is 1.25 bits per heavy atom. The zero-order valence-corrected chi connectivity index (χ0v) is 44.4. The highest BCUT2D eigenvalue weighted by atomic mass is 35.5. The van der Waals surface area contributed by atoms with Crippen LogP contribution in [0.25, 0.3) is 56.2 Å². The first kappa shape index (κ1) is 51.5. The topological polar surface area (TPSA) is 97.6 Å². The highest BCUT2D eigenvalue weighted by Crippen LogP contribution is 2.48. The maximum atomic E-state index is 13.7. The van der Waals surface area contributed by atoms with Crippen LogP contribution in [0.15, 0.2) is 95.0 Å². The number of para-hydroxylation sites is 2. The minimum absolute atomic E-state index is 0.0119. The Morgan fingerprint density at radius 1 is 0.549 bits per heavy atom. The average molecular weight is 1020 g/mol. The number of aromatic nitrogens is 2. The maximum Gasteiger partial charge on any atom is 0.246 e. The molecule has 0 bridgehead atoms.